The van der Waals surface area contributed by atoms with Gasteiger partial charge in [0.15, 0.2) is 0 Å². The molecular formula is C22H28ClN3O4S. The highest BCUT2D eigenvalue weighted by Crippen LogP contribution is 2.28. The van der Waals surface area contributed by atoms with Crippen LogP contribution in [-0.4, -0.2) is 64.4 Å². The van der Waals surface area contributed by atoms with Crippen molar-refractivity contribution in [3.05, 3.63) is 58.6 Å². The van der Waals surface area contributed by atoms with Gasteiger partial charge in [0.25, 0.3) is 5.91 Å². The number of ether oxygens (including phenoxy) is 1. The number of carbonyl (C=O) groups excluding carboxylic acids is 1. The molecule has 0 saturated carbocycles. The fourth-order valence-corrected chi connectivity index (χ4v) is 5.67. The Morgan fingerprint density at radius 1 is 1.19 bits per heavy atom. The Morgan fingerprint density at radius 2 is 1.90 bits per heavy atom. The molecule has 1 atom stereocenters. The van der Waals surface area contributed by atoms with Crippen molar-refractivity contribution in [1.29, 1.82) is 0 Å². The quantitative estimate of drug-likeness (QED) is 0.647. The van der Waals surface area contributed by atoms with Gasteiger partial charge in [-0.15, -0.1) is 0 Å². The van der Waals surface area contributed by atoms with Crippen molar-refractivity contribution in [3.63, 3.8) is 0 Å². The highest BCUT2D eigenvalue weighted by atomic mass is 35.5. The Morgan fingerprint density at radius 3 is 2.55 bits per heavy atom. The molecule has 0 radical (unpaired) electrons. The van der Waals surface area contributed by atoms with Crippen molar-refractivity contribution >= 4 is 27.5 Å². The van der Waals surface area contributed by atoms with Crippen LogP contribution in [0.2, 0.25) is 5.02 Å². The summed E-state index contributed by atoms with van der Waals surface area (Å²) in [5.41, 5.74) is 1.25. The van der Waals surface area contributed by atoms with Crippen LogP contribution in [0.3, 0.4) is 0 Å². The molecule has 1 heterocycles. The number of carbonyl (C=O) groups is 1. The molecule has 1 N–H and O–H groups in total. The average Bonchev–Trinajstić information content (AvgIpc) is 3.30. The molecule has 0 spiro atoms. The molecule has 2 aromatic rings. The molecule has 0 aliphatic carbocycles. The zero-order valence-electron chi connectivity index (χ0n) is 18.0. The van der Waals surface area contributed by atoms with Crippen LogP contribution >= 0.6 is 11.6 Å². The molecule has 3 rings (SSSR count). The van der Waals surface area contributed by atoms with Crippen LogP contribution in [0.4, 0.5) is 0 Å². The second-order valence-corrected chi connectivity index (χ2v) is 10.0. The lowest BCUT2D eigenvalue weighted by Gasteiger charge is -2.25. The van der Waals surface area contributed by atoms with Crippen LogP contribution in [0.1, 0.15) is 34.8 Å². The van der Waals surface area contributed by atoms with E-state index in [0.29, 0.717) is 19.6 Å². The molecule has 9 heteroatoms. The Labute approximate surface area is 189 Å². The van der Waals surface area contributed by atoms with Gasteiger partial charge >= 0.3 is 0 Å². The van der Waals surface area contributed by atoms with E-state index in [4.69, 9.17) is 16.3 Å². The highest BCUT2D eigenvalue weighted by molar-refractivity contribution is 7.89. The van der Waals surface area contributed by atoms with Crippen LogP contribution in [0, 0.1) is 0 Å². The zero-order valence-corrected chi connectivity index (χ0v) is 19.5. The SMILES string of the molecule is COc1cccc([C@H](CNC(=O)c2ccc(Cl)c(S(=O)(=O)N3CCCC3)c2)N(C)C)c1. The second-order valence-electron chi connectivity index (χ2n) is 7.72. The molecule has 0 unspecified atom stereocenters. The maximum absolute atomic E-state index is 12.9. The molecule has 1 aliphatic rings. The van der Waals surface area contributed by atoms with Gasteiger partial charge in [0.2, 0.25) is 10.0 Å². The highest BCUT2D eigenvalue weighted by Gasteiger charge is 2.30. The minimum atomic E-state index is -3.72. The van der Waals surface area contributed by atoms with E-state index >= 15 is 0 Å². The fourth-order valence-electron chi connectivity index (χ4n) is 3.65. The van der Waals surface area contributed by atoms with E-state index in [-0.39, 0.29) is 27.4 Å². The summed E-state index contributed by atoms with van der Waals surface area (Å²) in [6.07, 6.45) is 1.65. The molecule has 1 aliphatic heterocycles. The standard InChI is InChI=1S/C22H28ClN3O4S/c1-25(2)20(16-7-6-8-18(13-16)30-3)15-24-22(27)17-9-10-19(23)21(14-17)31(28,29)26-11-4-5-12-26/h6-10,13-14,20H,4-5,11-12,15H2,1-3H3,(H,24,27)/t20-/m0/s1. The maximum atomic E-state index is 12.9. The third-order valence-electron chi connectivity index (χ3n) is 5.43. The van der Waals surface area contributed by atoms with E-state index in [9.17, 15) is 13.2 Å². The first-order valence-electron chi connectivity index (χ1n) is 10.1. The summed E-state index contributed by atoms with van der Waals surface area (Å²) < 4.78 is 32.6. The van der Waals surface area contributed by atoms with Gasteiger partial charge in [0.05, 0.1) is 18.2 Å². The number of benzene rings is 2. The number of halogens is 1. The lowest BCUT2D eigenvalue weighted by molar-refractivity contribution is 0.0941. The van der Waals surface area contributed by atoms with Gasteiger partial charge in [-0.3, -0.25) is 4.79 Å². The number of rotatable bonds is 8. The summed E-state index contributed by atoms with van der Waals surface area (Å²) in [7, 11) is 1.75. The van der Waals surface area contributed by atoms with Crippen LogP contribution in [-0.2, 0) is 10.0 Å². The van der Waals surface area contributed by atoms with Crippen LogP contribution in [0.25, 0.3) is 0 Å². The van der Waals surface area contributed by atoms with Gasteiger partial charge in [0, 0.05) is 25.2 Å². The van der Waals surface area contributed by atoms with E-state index < -0.39 is 10.0 Å². The third-order valence-corrected chi connectivity index (χ3v) is 7.81. The second kappa shape index (κ2) is 9.99. The van der Waals surface area contributed by atoms with E-state index in [0.717, 1.165) is 24.2 Å². The normalized spacial score (nSPS) is 15.8. The first-order chi connectivity index (χ1) is 14.7. The van der Waals surface area contributed by atoms with Gasteiger partial charge < -0.3 is 15.0 Å². The summed E-state index contributed by atoms with van der Waals surface area (Å²) in [5, 5.41) is 3.03. The zero-order chi connectivity index (χ0) is 22.6. The third kappa shape index (κ3) is 5.38. The molecule has 1 amide bonds. The monoisotopic (exact) mass is 465 g/mol. The topological polar surface area (TPSA) is 78.9 Å². The predicted octanol–water partition coefficient (Wildman–Crippen LogP) is 3.17. The summed E-state index contributed by atoms with van der Waals surface area (Å²) in [4.78, 5) is 14.8. The number of sulfonamides is 1. The minimum Gasteiger partial charge on any atom is -0.497 e. The Kier molecular flexibility index (Phi) is 7.59. The van der Waals surface area contributed by atoms with Gasteiger partial charge in [-0.05, 0) is 62.8 Å². The Bertz CT molecular complexity index is 1040. The number of amides is 1. The first kappa shape index (κ1) is 23.5. The fraction of sp³-hybridized carbons (Fsp3) is 0.409. The number of likely N-dealkylation sites (N-methyl/N-ethyl adjacent to an activating group) is 1. The number of methoxy groups -OCH3 is 1. The minimum absolute atomic E-state index is 0.0272. The van der Waals surface area contributed by atoms with Crippen LogP contribution < -0.4 is 10.1 Å². The van der Waals surface area contributed by atoms with E-state index in [1.807, 2.05) is 43.3 Å². The molecule has 1 saturated heterocycles. The van der Waals surface area contributed by atoms with Crippen molar-refractivity contribution in [1.82, 2.24) is 14.5 Å². The number of hydrogen-bond acceptors (Lipinski definition) is 5. The van der Waals surface area contributed by atoms with Crippen molar-refractivity contribution in [2.75, 3.05) is 40.8 Å². The smallest absolute Gasteiger partial charge is 0.251 e. The molecule has 7 nitrogen and oxygen atoms in total. The lowest BCUT2D eigenvalue weighted by Crippen LogP contribution is -2.34. The molecule has 31 heavy (non-hydrogen) atoms. The van der Waals surface area contributed by atoms with Crippen LogP contribution in [0.15, 0.2) is 47.4 Å². The lowest BCUT2D eigenvalue weighted by atomic mass is 10.1. The van der Waals surface area contributed by atoms with Crippen molar-refractivity contribution in [2.45, 2.75) is 23.8 Å². The summed E-state index contributed by atoms with van der Waals surface area (Å²) in [5.74, 6) is 0.384. The average molecular weight is 466 g/mol. The van der Waals surface area contributed by atoms with Crippen molar-refractivity contribution in [2.24, 2.45) is 0 Å². The maximum Gasteiger partial charge on any atom is 0.251 e. The van der Waals surface area contributed by atoms with Gasteiger partial charge in [0.1, 0.15) is 10.6 Å². The molecule has 168 valence electrons. The van der Waals surface area contributed by atoms with E-state index in [2.05, 4.69) is 5.32 Å². The predicted molar refractivity (Wildman–Crippen MR) is 121 cm³/mol. The number of nitrogens with zero attached hydrogens (tertiary/aromatic N) is 2. The molecular weight excluding hydrogens is 438 g/mol. The van der Waals surface area contributed by atoms with Gasteiger partial charge in [-0.1, -0.05) is 23.7 Å². The molecule has 0 bridgehead atoms. The Balaban J connectivity index is 1.78. The first-order valence-corrected chi connectivity index (χ1v) is 11.9. The summed E-state index contributed by atoms with van der Waals surface area (Å²) in [6.45, 7) is 1.29. The van der Waals surface area contributed by atoms with Crippen molar-refractivity contribution < 1.29 is 17.9 Å². The summed E-state index contributed by atoms with van der Waals surface area (Å²) in [6, 6.07) is 12.0. The largest absolute Gasteiger partial charge is 0.497 e. The summed E-state index contributed by atoms with van der Waals surface area (Å²) >= 11 is 6.19. The molecule has 1 fully saturated rings. The molecule has 2 aromatic carbocycles. The van der Waals surface area contributed by atoms with Gasteiger partial charge in [-0.25, -0.2) is 8.42 Å². The number of hydrogen-bond donors (Lipinski definition) is 1. The van der Waals surface area contributed by atoms with E-state index in [1.54, 1.807) is 7.11 Å². The van der Waals surface area contributed by atoms with Crippen LogP contribution in [0.5, 0.6) is 5.75 Å². The van der Waals surface area contributed by atoms with Crippen molar-refractivity contribution in [3.8, 4) is 5.75 Å². The van der Waals surface area contributed by atoms with Gasteiger partial charge in [-0.2, -0.15) is 4.31 Å². The number of nitrogens with one attached hydrogen (secondary N) is 1. The molecule has 0 aromatic heterocycles. The Hall–Kier alpha value is -2.13. The van der Waals surface area contributed by atoms with E-state index in [1.165, 1.54) is 22.5 Å².